The quantitative estimate of drug-likeness (QED) is 0.729. The topological polar surface area (TPSA) is 84.9 Å². The van der Waals surface area contributed by atoms with Crippen LogP contribution in [0.15, 0.2) is 24.3 Å². The van der Waals surface area contributed by atoms with E-state index in [4.69, 9.17) is 14.6 Å². The number of carbonyl (C=O) groups excluding carboxylic acids is 1. The molecule has 126 valence electrons. The van der Waals surface area contributed by atoms with E-state index in [1.165, 1.54) is 0 Å². The smallest absolute Gasteiger partial charge is 0.305 e. The number of carboxylic acids is 1. The zero-order chi connectivity index (χ0) is 16.7. The van der Waals surface area contributed by atoms with Gasteiger partial charge in [0, 0.05) is 0 Å². The fourth-order valence-electron chi connectivity index (χ4n) is 2.57. The van der Waals surface area contributed by atoms with Crippen molar-refractivity contribution in [1.29, 1.82) is 0 Å². The number of benzene rings is 1. The van der Waals surface area contributed by atoms with Gasteiger partial charge in [-0.25, -0.2) is 0 Å². The van der Waals surface area contributed by atoms with E-state index in [1.807, 2.05) is 6.92 Å². The molecular weight excluding hydrogens is 298 g/mol. The molecule has 6 nitrogen and oxygen atoms in total. The monoisotopic (exact) mass is 321 g/mol. The second-order valence-electron chi connectivity index (χ2n) is 5.86. The van der Waals surface area contributed by atoms with Crippen LogP contribution in [0.25, 0.3) is 0 Å². The molecule has 0 aliphatic heterocycles. The Kier molecular flexibility index (Phi) is 5.84. The molecule has 2 rings (SSSR count). The van der Waals surface area contributed by atoms with Crippen LogP contribution in [0.5, 0.6) is 11.5 Å². The predicted octanol–water partition coefficient (Wildman–Crippen LogP) is 2.37. The Morgan fingerprint density at radius 2 is 1.78 bits per heavy atom. The van der Waals surface area contributed by atoms with Gasteiger partial charge in [-0.2, -0.15) is 0 Å². The normalized spacial score (nSPS) is 15.3. The molecule has 1 aromatic carbocycles. The van der Waals surface area contributed by atoms with Crippen molar-refractivity contribution in [3.8, 4) is 11.5 Å². The second-order valence-corrected chi connectivity index (χ2v) is 5.86. The van der Waals surface area contributed by atoms with E-state index in [1.54, 1.807) is 24.3 Å². The lowest BCUT2D eigenvalue weighted by Crippen LogP contribution is -2.55. The maximum atomic E-state index is 12.0. The maximum absolute atomic E-state index is 12.0. The molecule has 1 fully saturated rings. The van der Waals surface area contributed by atoms with E-state index in [0.717, 1.165) is 18.6 Å². The number of rotatable bonds is 9. The molecule has 1 aliphatic rings. The maximum Gasteiger partial charge on any atom is 0.305 e. The molecule has 1 aliphatic carbocycles. The Bertz CT molecular complexity index is 536. The number of amides is 1. The molecule has 0 heterocycles. The zero-order valence-electron chi connectivity index (χ0n) is 13.3. The second kappa shape index (κ2) is 7.85. The fraction of sp³-hybridized carbons (Fsp3) is 0.529. The van der Waals surface area contributed by atoms with Crippen molar-refractivity contribution >= 4 is 11.9 Å². The molecule has 2 N–H and O–H groups in total. The largest absolute Gasteiger partial charge is 0.494 e. The van der Waals surface area contributed by atoms with Gasteiger partial charge in [-0.1, -0.05) is 6.92 Å². The van der Waals surface area contributed by atoms with E-state index in [9.17, 15) is 9.59 Å². The third-order valence-electron chi connectivity index (χ3n) is 3.87. The highest BCUT2D eigenvalue weighted by Gasteiger charge is 2.40. The molecule has 0 atom stereocenters. The molecular formula is C17H23NO5. The minimum atomic E-state index is -0.895. The number of carboxylic acid groups (broad SMARTS) is 1. The van der Waals surface area contributed by atoms with Crippen molar-refractivity contribution in [3.05, 3.63) is 24.3 Å². The summed E-state index contributed by atoms with van der Waals surface area (Å²) in [6, 6.07) is 7.07. The van der Waals surface area contributed by atoms with Crippen molar-refractivity contribution in [2.24, 2.45) is 0 Å². The van der Waals surface area contributed by atoms with Crippen LogP contribution in [0.3, 0.4) is 0 Å². The number of nitrogens with one attached hydrogen (secondary N) is 1. The standard InChI is InChI=1S/C17H23NO5/c1-2-10-22-13-4-6-14(7-5-13)23-12-15(19)18-17(8-3-9-17)11-16(20)21/h4-7H,2-3,8-12H2,1H3,(H,18,19)(H,20,21). The van der Waals surface area contributed by atoms with Gasteiger partial charge in [0.1, 0.15) is 11.5 Å². The van der Waals surface area contributed by atoms with E-state index in [0.29, 0.717) is 25.2 Å². The van der Waals surface area contributed by atoms with Crippen LogP contribution in [0.1, 0.15) is 39.0 Å². The summed E-state index contributed by atoms with van der Waals surface area (Å²) in [6.07, 6.45) is 3.25. The summed E-state index contributed by atoms with van der Waals surface area (Å²) >= 11 is 0. The van der Waals surface area contributed by atoms with Crippen LogP contribution >= 0.6 is 0 Å². The first-order valence-electron chi connectivity index (χ1n) is 7.91. The van der Waals surface area contributed by atoms with Gasteiger partial charge in [0.05, 0.1) is 18.6 Å². The van der Waals surface area contributed by atoms with Crippen LogP contribution < -0.4 is 14.8 Å². The summed E-state index contributed by atoms with van der Waals surface area (Å²) < 4.78 is 10.9. The highest BCUT2D eigenvalue weighted by atomic mass is 16.5. The van der Waals surface area contributed by atoms with Crippen molar-refractivity contribution in [2.75, 3.05) is 13.2 Å². The van der Waals surface area contributed by atoms with Gasteiger partial charge >= 0.3 is 5.97 Å². The van der Waals surface area contributed by atoms with Gasteiger partial charge in [-0.05, 0) is 49.9 Å². The van der Waals surface area contributed by atoms with Crippen molar-refractivity contribution in [3.63, 3.8) is 0 Å². The van der Waals surface area contributed by atoms with E-state index in [2.05, 4.69) is 5.32 Å². The third-order valence-corrected chi connectivity index (χ3v) is 3.87. The van der Waals surface area contributed by atoms with Crippen molar-refractivity contribution in [2.45, 2.75) is 44.6 Å². The van der Waals surface area contributed by atoms with Gasteiger partial charge in [-0.3, -0.25) is 9.59 Å². The number of hydrogen-bond acceptors (Lipinski definition) is 4. The van der Waals surface area contributed by atoms with Crippen LogP contribution in [-0.2, 0) is 9.59 Å². The molecule has 0 saturated heterocycles. The number of ether oxygens (including phenoxy) is 2. The SMILES string of the molecule is CCCOc1ccc(OCC(=O)NC2(CC(=O)O)CCC2)cc1. The number of aliphatic carboxylic acids is 1. The minimum Gasteiger partial charge on any atom is -0.494 e. The molecule has 1 aromatic rings. The first-order valence-corrected chi connectivity index (χ1v) is 7.91. The summed E-state index contributed by atoms with van der Waals surface area (Å²) in [5, 5.41) is 11.7. The molecule has 0 radical (unpaired) electrons. The Balaban J connectivity index is 1.78. The predicted molar refractivity (Wildman–Crippen MR) is 84.7 cm³/mol. The highest BCUT2D eigenvalue weighted by molar-refractivity contribution is 5.80. The van der Waals surface area contributed by atoms with E-state index in [-0.39, 0.29) is 18.9 Å². The first kappa shape index (κ1) is 17.1. The van der Waals surface area contributed by atoms with Crippen LogP contribution in [-0.4, -0.2) is 35.7 Å². The van der Waals surface area contributed by atoms with E-state index >= 15 is 0 Å². The number of carbonyl (C=O) groups is 2. The Morgan fingerprint density at radius 3 is 2.26 bits per heavy atom. The summed E-state index contributed by atoms with van der Waals surface area (Å²) in [5.74, 6) is 0.147. The minimum absolute atomic E-state index is 0.0395. The molecule has 6 heteroatoms. The molecule has 1 saturated carbocycles. The van der Waals surface area contributed by atoms with Crippen LogP contribution in [0, 0.1) is 0 Å². The van der Waals surface area contributed by atoms with Gasteiger partial charge in [-0.15, -0.1) is 0 Å². The Hall–Kier alpha value is -2.24. The zero-order valence-corrected chi connectivity index (χ0v) is 13.3. The Morgan fingerprint density at radius 1 is 1.17 bits per heavy atom. The molecule has 0 spiro atoms. The van der Waals surface area contributed by atoms with Crippen molar-refractivity contribution in [1.82, 2.24) is 5.32 Å². The van der Waals surface area contributed by atoms with Gasteiger partial charge < -0.3 is 19.9 Å². The van der Waals surface area contributed by atoms with Crippen molar-refractivity contribution < 1.29 is 24.2 Å². The lowest BCUT2D eigenvalue weighted by Gasteiger charge is -2.41. The lowest BCUT2D eigenvalue weighted by atomic mass is 9.74. The fourth-order valence-corrected chi connectivity index (χ4v) is 2.57. The average Bonchev–Trinajstić information content (AvgIpc) is 2.49. The number of hydrogen-bond donors (Lipinski definition) is 2. The highest BCUT2D eigenvalue weighted by Crippen LogP contribution is 2.34. The third kappa shape index (κ3) is 5.16. The summed E-state index contributed by atoms with van der Waals surface area (Å²) in [4.78, 5) is 22.8. The first-order chi connectivity index (χ1) is 11.0. The molecule has 0 bridgehead atoms. The summed E-state index contributed by atoms with van der Waals surface area (Å²) in [7, 11) is 0. The molecule has 23 heavy (non-hydrogen) atoms. The van der Waals surface area contributed by atoms with E-state index < -0.39 is 11.5 Å². The lowest BCUT2D eigenvalue weighted by molar-refractivity contribution is -0.140. The molecule has 0 unspecified atom stereocenters. The van der Waals surface area contributed by atoms with Gasteiger partial charge in [0.15, 0.2) is 6.61 Å². The van der Waals surface area contributed by atoms with Gasteiger partial charge in [0.2, 0.25) is 0 Å². The van der Waals surface area contributed by atoms with Gasteiger partial charge in [0.25, 0.3) is 5.91 Å². The average molecular weight is 321 g/mol. The Labute approximate surface area is 135 Å². The summed E-state index contributed by atoms with van der Waals surface area (Å²) in [6.45, 7) is 2.57. The van der Waals surface area contributed by atoms with Crippen LogP contribution in [0.4, 0.5) is 0 Å². The van der Waals surface area contributed by atoms with Crippen LogP contribution in [0.2, 0.25) is 0 Å². The molecule has 1 amide bonds. The summed E-state index contributed by atoms with van der Waals surface area (Å²) in [5.41, 5.74) is -0.593. The molecule has 0 aromatic heterocycles.